The summed E-state index contributed by atoms with van der Waals surface area (Å²) >= 11 is 0. The molecule has 3 aromatic rings. The van der Waals surface area contributed by atoms with Gasteiger partial charge < -0.3 is 0 Å². The van der Waals surface area contributed by atoms with Gasteiger partial charge in [-0.05, 0) is 37.7 Å². The van der Waals surface area contributed by atoms with Crippen molar-refractivity contribution in [2.45, 2.75) is 38.5 Å². The van der Waals surface area contributed by atoms with E-state index in [1.54, 1.807) is 4.68 Å². The lowest BCUT2D eigenvalue weighted by Crippen LogP contribution is -2.53. The Kier molecular flexibility index (Phi) is 4.51. The number of carbonyl (C=O) groups excluding carboxylic acids is 1. The average Bonchev–Trinajstić information content (AvgIpc) is 3.22. The highest BCUT2D eigenvalue weighted by Crippen LogP contribution is 2.56. The number of nitrogens with zero attached hydrogens (tertiary/aromatic N) is 5. The van der Waals surface area contributed by atoms with Crippen molar-refractivity contribution in [3.05, 3.63) is 65.4 Å². The summed E-state index contributed by atoms with van der Waals surface area (Å²) < 4.78 is 1.78. The van der Waals surface area contributed by atoms with E-state index in [4.69, 9.17) is 9.97 Å². The van der Waals surface area contributed by atoms with Crippen LogP contribution in [0.15, 0.2) is 42.7 Å². The molecule has 1 aromatic carbocycles. The molecule has 2 aliphatic carbocycles. The van der Waals surface area contributed by atoms with Crippen molar-refractivity contribution in [1.82, 2.24) is 19.7 Å². The maximum Gasteiger partial charge on any atom is 0.153 e. The molecule has 1 saturated carbocycles. The molecule has 0 bridgehead atoms. The van der Waals surface area contributed by atoms with E-state index in [-0.39, 0.29) is 17.6 Å². The van der Waals surface area contributed by atoms with Gasteiger partial charge in [-0.3, -0.25) is 9.48 Å². The number of hydrogen-bond donors (Lipinski definition) is 0. The molecule has 6 nitrogen and oxygen atoms in total. The van der Waals surface area contributed by atoms with Crippen molar-refractivity contribution < 1.29 is 4.79 Å². The topological polar surface area (TPSA) is 84.5 Å². The lowest BCUT2D eigenvalue weighted by molar-refractivity contribution is -0.131. The lowest BCUT2D eigenvalue weighted by Gasteiger charge is -2.51. The first-order valence-electron chi connectivity index (χ1n) is 10.8. The molecule has 1 unspecified atom stereocenters. The maximum atomic E-state index is 13.0. The van der Waals surface area contributed by atoms with E-state index in [0.29, 0.717) is 12.2 Å². The van der Waals surface area contributed by atoms with E-state index in [1.165, 1.54) is 0 Å². The molecule has 0 N–H and O–H groups in total. The molecule has 0 radical (unpaired) electrons. The van der Waals surface area contributed by atoms with Gasteiger partial charge in [0.2, 0.25) is 0 Å². The third-order valence-corrected chi connectivity index (χ3v) is 7.22. The van der Waals surface area contributed by atoms with Crippen LogP contribution in [0.4, 0.5) is 0 Å². The fourth-order valence-electron chi connectivity index (χ4n) is 5.88. The molecule has 5 rings (SSSR count). The zero-order valence-corrected chi connectivity index (χ0v) is 18.0. The molecule has 2 heterocycles. The SMILES string of the molecule is Cc1nc(-c2cnn(C)c2)c2c(n1)[C@@]1(c3ccccc3)CC(C#N)C(=O)[C@@H](C)[C@@H]1CC2. The largest absolute Gasteiger partial charge is 0.298 e. The van der Waals surface area contributed by atoms with E-state index in [0.717, 1.165) is 40.9 Å². The van der Waals surface area contributed by atoms with Gasteiger partial charge in [-0.2, -0.15) is 10.4 Å². The monoisotopic (exact) mass is 411 g/mol. The smallest absolute Gasteiger partial charge is 0.153 e. The molecule has 0 spiro atoms. The summed E-state index contributed by atoms with van der Waals surface area (Å²) in [4.78, 5) is 22.8. The van der Waals surface area contributed by atoms with Crippen LogP contribution < -0.4 is 0 Å². The molecule has 2 aliphatic rings. The summed E-state index contributed by atoms with van der Waals surface area (Å²) in [5.74, 6) is 0.0568. The van der Waals surface area contributed by atoms with Gasteiger partial charge in [0, 0.05) is 35.7 Å². The molecule has 31 heavy (non-hydrogen) atoms. The zero-order valence-electron chi connectivity index (χ0n) is 18.0. The Bertz CT molecular complexity index is 1210. The summed E-state index contributed by atoms with van der Waals surface area (Å²) in [5, 5.41) is 14.2. The van der Waals surface area contributed by atoms with Gasteiger partial charge in [0.15, 0.2) is 5.78 Å². The summed E-state index contributed by atoms with van der Waals surface area (Å²) in [6.07, 6.45) is 5.97. The van der Waals surface area contributed by atoms with Gasteiger partial charge in [-0.1, -0.05) is 37.3 Å². The van der Waals surface area contributed by atoms with Gasteiger partial charge in [0.05, 0.1) is 23.7 Å². The number of carbonyl (C=O) groups is 1. The number of aromatic nitrogens is 4. The van der Waals surface area contributed by atoms with Crippen LogP contribution in [0.3, 0.4) is 0 Å². The number of ketones is 1. The maximum absolute atomic E-state index is 13.0. The van der Waals surface area contributed by atoms with Crippen LogP contribution in [-0.2, 0) is 23.7 Å². The second kappa shape index (κ2) is 7.12. The average molecular weight is 412 g/mol. The first kappa shape index (κ1) is 19.6. The molecule has 0 amide bonds. The van der Waals surface area contributed by atoms with Crippen molar-refractivity contribution in [2.24, 2.45) is 24.8 Å². The minimum atomic E-state index is -0.630. The van der Waals surface area contributed by atoms with Crippen LogP contribution in [0.2, 0.25) is 0 Å². The first-order valence-corrected chi connectivity index (χ1v) is 10.8. The van der Waals surface area contributed by atoms with Crippen LogP contribution in [0.1, 0.15) is 42.4 Å². The van der Waals surface area contributed by atoms with Crippen LogP contribution in [0, 0.1) is 36.0 Å². The van der Waals surface area contributed by atoms with E-state index in [9.17, 15) is 10.1 Å². The summed E-state index contributed by atoms with van der Waals surface area (Å²) in [6.45, 7) is 3.91. The second-order valence-electron chi connectivity index (χ2n) is 8.91. The van der Waals surface area contributed by atoms with E-state index in [2.05, 4.69) is 23.3 Å². The van der Waals surface area contributed by atoms with Gasteiger partial charge in [0.1, 0.15) is 11.7 Å². The van der Waals surface area contributed by atoms with E-state index >= 15 is 0 Å². The highest BCUT2D eigenvalue weighted by atomic mass is 16.1. The third-order valence-electron chi connectivity index (χ3n) is 7.22. The predicted molar refractivity (Wildman–Crippen MR) is 116 cm³/mol. The predicted octanol–water partition coefficient (Wildman–Crippen LogP) is 3.78. The Balaban J connectivity index is 1.82. The highest BCUT2D eigenvalue weighted by Gasteiger charge is 2.56. The molecule has 0 saturated heterocycles. The Hall–Kier alpha value is -3.33. The Morgan fingerprint density at radius 1 is 1.23 bits per heavy atom. The normalized spacial score (nSPS) is 27.3. The Morgan fingerprint density at radius 2 is 2.00 bits per heavy atom. The number of benzene rings is 1. The number of nitriles is 1. The number of aryl methyl sites for hydroxylation is 2. The quantitative estimate of drug-likeness (QED) is 0.641. The van der Waals surface area contributed by atoms with Crippen molar-refractivity contribution in [1.29, 1.82) is 5.26 Å². The van der Waals surface area contributed by atoms with Crippen LogP contribution in [-0.4, -0.2) is 25.5 Å². The van der Waals surface area contributed by atoms with Crippen molar-refractivity contribution in [3.8, 4) is 17.3 Å². The van der Waals surface area contributed by atoms with Crippen LogP contribution in [0.5, 0.6) is 0 Å². The molecule has 4 atom stereocenters. The zero-order chi connectivity index (χ0) is 21.8. The van der Waals surface area contributed by atoms with E-state index in [1.807, 2.05) is 51.5 Å². The van der Waals surface area contributed by atoms with Crippen LogP contribution in [0.25, 0.3) is 11.3 Å². The molecular formula is C25H25N5O. The van der Waals surface area contributed by atoms with Gasteiger partial charge in [-0.15, -0.1) is 0 Å². The summed E-state index contributed by atoms with van der Waals surface area (Å²) in [5.41, 5.74) is 4.66. The lowest BCUT2D eigenvalue weighted by atomic mass is 9.51. The Morgan fingerprint density at radius 3 is 2.68 bits per heavy atom. The van der Waals surface area contributed by atoms with Crippen molar-refractivity contribution >= 4 is 5.78 Å². The van der Waals surface area contributed by atoms with Gasteiger partial charge >= 0.3 is 0 Å². The number of fused-ring (bicyclic) bond motifs is 3. The fraction of sp³-hybridized carbons (Fsp3) is 0.400. The number of Topliss-reactive ketones (excluding diaryl/α,β-unsaturated/α-hetero) is 1. The minimum absolute atomic E-state index is 0.0702. The van der Waals surface area contributed by atoms with Crippen molar-refractivity contribution in [3.63, 3.8) is 0 Å². The van der Waals surface area contributed by atoms with Crippen LogP contribution >= 0.6 is 0 Å². The molecular weight excluding hydrogens is 386 g/mol. The summed E-state index contributed by atoms with van der Waals surface area (Å²) in [7, 11) is 1.90. The fourth-order valence-corrected chi connectivity index (χ4v) is 5.88. The number of rotatable bonds is 2. The molecule has 6 heteroatoms. The molecule has 156 valence electrons. The second-order valence-corrected chi connectivity index (χ2v) is 8.91. The summed E-state index contributed by atoms with van der Waals surface area (Å²) in [6, 6.07) is 12.6. The first-order chi connectivity index (χ1) is 15.0. The molecule has 1 fully saturated rings. The van der Waals surface area contributed by atoms with Gasteiger partial charge in [-0.25, -0.2) is 9.97 Å². The third kappa shape index (κ3) is 2.83. The molecule has 2 aromatic heterocycles. The number of hydrogen-bond acceptors (Lipinski definition) is 5. The van der Waals surface area contributed by atoms with Crippen molar-refractivity contribution in [2.75, 3.05) is 0 Å². The van der Waals surface area contributed by atoms with E-state index < -0.39 is 11.3 Å². The van der Waals surface area contributed by atoms with Gasteiger partial charge in [0.25, 0.3) is 0 Å². The standard InChI is InChI=1S/C25H25N5O/c1-15-21-10-9-20-22(18-13-27-30(3)14-18)28-16(2)29-24(20)25(21,11-17(12-26)23(15)31)19-7-5-4-6-8-19/h4-8,13-15,17,21H,9-11H2,1-3H3/t15-,17?,21-,25+/m0/s1. The molecule has 0 aliphatic heterocycles. The highest BCUT2D eigenvalue weighted by molar-refractivity contribution is 5.87. The minimum Gasteiger partial charge on any atom is -0.298 e. The Labute approximate surface area is 182 Å².